The smallest absolute Gasteiger partial charge is 0.209 e. The van der Waals surface area contributed by atoms with Crippen molar-refractivity contribution in [3.63, 3.8) is 0 Å². The summed E-state index contributed by atoms with van der Waals surface area (Å²) in [7, 11) is -9.09. The first kappa shape index (κ1) is 53.5. The van der Waals surface area contributed by atoms with Crippen molar-refractivity contribution < 1.29 is 64.5 Å². The molecular weight excluding hydrogens is 953 g/mol. The third kappa shape index (κ3) is 13.3. The molecule has 0 aromatic heterocycles. The first-order valence-corrected chi connectivity index (χ1v) is 27.4. The summed E-state index contributed by atoms with van der Waals surface area (Å²) in [5, 5.41) is 28.1. The van der Waals surface area contributed by atoms with Gasteiger partial charge in [0.25, 0.3) is 0 Å². The molecule has 2 heterocycles. The van der Waals surface area contributed by atoms with Crippen LogP contribution in [0.1, 0.15) is 116 Å². The summed E-state index contributed by atoms with van der Waals surface area (Å²) in [6.45, 7) is 12.0. The van der Waals surface area contributed by atoms with E-state index in [-0.39, 0.29) is 11.3 Å². The Morgan fingerprint density at radius 2 is 1.60 bits per heavy atom. The Morgan fingerprint density at radius 1 is 0.809 bits per heavy atom. The second-order valence-electron chi connectivity index (χ2n) is 18.0. The topological polar surface area (TPSA) is 213 Å². The largest absolute Gasteiger partial charge is 0.748 e. The molecule has 0 N–H and O–H groups in total. The lowest BCUT2D eigenvalue weighted by Crippen LogP contribution is -2.28. The second kappa shape index (κ2) is 23.9. The third-order valence-electron chi connectivity index (χ3n) is 12.7. The highest BCUT2D eigenvalue weighted by molar-refractivity contribution is 7.94. The number of allylic oxidation sites excluding steroid dienone is 8. The summed E-state index contributed by atoms with van der Waals surface area (Å²) >= 11 is 1.73. The van der Waals surface area contributed by atoms with Gasteiger partial charge in [-0.25, -0.2) is 16.8 Å². The zero-order chi connectivity index (χ0) is 49.1. The average Bonchev–Trinajstić information content (AvgIpc) is 3.64. The second-order valence-corrected chi connectivity index (χ2v) is 22.5. The van der Waals surface area contributed by atoms with E-state index in [9.17, 15) is 36.5 Å². The van der Waals surface area contributed by atoms with Gasteiger partial charge in [-0.05, 0) is 135 Å². The normalized spacial score (nSPS) is 18.1. The Labute approximate surface area is 409 Å². The molecule has 370 valence electrons. The van der Waals surface area contributed by atoms with Gasteiger partial charge in [0.05, 0.1) is 39.1 Å². The number of anilines is 1. The van der Waals surface area contributed by atoms with Crippen molar-refractivity contribution in [2.24, 2.45) is 0 Å². The number of hydrogen-bond acceptors (Lipinski definition) is 16. The summed E-state index contributed by atoms with van der Waals surface area (Å²) in [6, 6.07) is 18.4. The Hall–Kier alpha value is -3.83. The lowest BCUT2D eigenvalue weighted by Gasteiger charge is -2.28. The fraction of sp³-hybridized carbons (Fsp3) is 0.449. The number of rotatable bonds is 25. The fourth-order valence-electron chi connectivity index (χ4n) is 9.36. The molecule has 0 radical (unpaired) electrons. The van der Waals surface area contributed by atoms with Crippen molar-refractivity contribution in [2.45, 2.75) is 119 Å². The summed E-state index contributed by atoms with van der Waals surface area (Å²) < 4.78 is 88.8. The molecule has 0 saturated heterocycles. The van der Waals surface area contributed by atoms with E-state index in [1.54, 1.807) is 6.07 Å². The van der Waals surface area contributed by atoms with Gasteiger partial charge < -0.3 is 29.3 Å². The molecule has 3 aromatic carbocycles. The SMILES string of the molecule is CCCCCOc1cccc(C2=C(/C=C/C3=[N+](CCCCS(=O)(=O)[O-])c4ccc(SOO[O-])cc4C3(C)C)CCC/C2=C\C=C2\N(CCCCSOO[O-])c3ccc(S(=O)(=O)[O-])cc3C2(C)C)c1. The highest BCUT2D eigenvalue weighted by Gasteiger charge is 2.45. The van der Waals surface area contributed by atoms with Gasteiger partial charge in [-0.1, -0.05) is 57.9 Å². The maximum absolute atomic E-state index is 12.2. The number of hydrogen-bond donors (Lipinski definition) is 0. The number of fused-ring (bicyclic) bond motifs is 2. The fourth-order valence-corrected chi connectivity index (χ4v) is 11.2. The standard InChI is InChI=1S/C49H62N2O13S4/c1-6-7-10-29-60-38-18-14-17-37(32-38)47-35(19-25-45-48(2,3)41-33-39(66-64-62-53)21-23-43(41)51(45)28-9-12-31-67(54,55)56)15-13-16-36(47)20-26-46-49(4,5)42-34-40(68(57,58)59)22-24-44(42)50(46)27-8-11-30-65-63-61-52/h14,17-26,32-34H,6-13,15-16,27-31H2,1-5H3,(H3-,52,53,54,55,56,57,58,59)/p-3. The molecule has 3 aliphatic rings. The Kier molecular flexibility index (Phi) is 18.8. The van der Waals surface area contributed by atoms with Crippen molar-refractivity contribution in [3.8, 4) is 5.75 Å². The molecule has 15 nitrogen and oxygen atoms in total. The summed E-state index contributed by atoms with van der Waals surface area (Å²) in [5.41, 5.74) is 8.28. The van der Waals surface area contributed by atoms with Gasteiger partial charge in [-0.2, -0.15) is 13.2 Å². The highest BCUT2D eigenvalue weighted by Crippen LogP contribution is 2.49. The van der Waals surface area contributed by atoms with Crippen LogP contribution in [0, 0.1) is 0 Å². The molecule has 0 amide bonds. The molecule has 2 aliphatic heterocycles. The van der Waals surface area contributed by atoms with Crippen LogP contribution in [0.4, 0.5) is 11.4 Å². The highest BCUT2D eigenvalue weighted by atomic mass is 32.2. The first-order valence-electron chi connectivity index (χ1n) is 22.8. The van der Waals surface area contributed by atoms with Gasteiger partial charge in [0.1, 0.15) is 22.4 Å². The minimum absolute atomic E-state index is 0.206. The van der Waals surface area contributed by atoms with E-state index < -0.39 is 36.8 Å². The summed E-state index contributed by atoms with van der Waals surface area (Å²) in [4.78, 5) is 2.54. The Balaban J connectivity index is 1.47. The van der Waals surface area contributed by atoms with E-state index in [0.717, 1.165) is 125 Å². The molecule has 0 fully saturated rings. The van der Waals surface area contributed by atoms with Crippen LogP contribution in [0.25, 0.3) is 5.57 Å². The average molecular weight is 1010 g/mol. The zero-order valence-electron chi connectivity index (χ0n) is 39.0. The summed E-state index contributed by atoms with van der Waals surface area (Å²) in [5.74, 6) is 0.831. The lowest BCUT2D eigenvalue weighted by atomic mass is 9.79. The van der Waals surface area contributed by atoms with E-state index in [4.69, 9.17) is 4.74 Å². The van der Waals surface area contributed by atoms with E-state index in [1.165, 1.54) is 12.1 Å². The van der Waals surface area contributed by atoms with E-state index >= 15 is 0 Å². The van der Waals surface area contributed by atoms with Crippen LogP contribution in [0.2, 0.25) is 0 Å². The molecule has 68 heavy (non-hydrogen) atoms. The third-order valence-corrected chi connectivity index (χ3v) is 15.5. The molecule has 3 aromatic rings. The van der Waals surface area contributed by atoms with Crippen LogP contribution in [0.3, 0.4) is 0 Å². The molecule has 0 unspecified atom stereocenters. The van der Waals surface area contributed by atoms with Crippen LogP contribution < -0.4 is 20.2 Å². The van der Waals surface area contributed by atoms with E-state index in [1.807, 2.05) is 44.2 Å². The predicted octanol–water partition coefficient (Wildman–Crippen LogP) is 8.55. The van der Waals surface area contributed by atoms with Crippen LogP contribution in [-0.4, -0.2) is 67.4 Å². The van der Waals surface area contributed by atoms with Crippen molar-refractivity contribution in [1.82, 2.24) is 0 Å². The molecule has 0 spiro atoms. The molecule has 0 bridgehead atoms. The van der Waals surface area contributed by atoms with Gasteiger partial charge >= 0.3 is 0 Å². The molecule has 0 atom stereocenters. The van der Waals surface area contributed by atoms with Crippen molar-refractivity contribution in [3.05, 3.63) is 119 Å². The number of nitrogens with zero attached hydrogens (tertiary/aromatic N) is 2. The quantitative estimate of drug-likeness (QED) is 0.0194. The number of unbranched alkanes of at least 4 members (excludes halogenated alkanes) is 4. The maximum Gasteiger partial charge on any atom is 0.209 e. The monoisotopic (exact) mass is 1010 g/mol. The Morgan fingerprint density at radius 3 is 2.34 bits per heavy atom. The molecule has 0 saturated carbocycles. The molecule has 1 aliphatic carbocycles. The Bertz CT molecular complexity index is 2660. The van der Waals surface area contributed by atoms with Gasteiger partial charge in [0.2, 0.25) is 5.69 Å². The van der Waals surface area contributed by atoms with Crippen molar-refractivity contribution >= 4 is 67.0 Å². The van der Waals surface area contributed by atoms with Gasteiger partial charge in [0.15, 0.2) is 5.71 Å². The number of ether oxygens (including phenoxy) is 1. The van der Waals surface area contributed by atoms with Crippen LogP contribution in [0.5, 0.6) is 5.75 Å². The van der Waals surface area contributed by atoms with Gasteiger partial charge in [-0.3, -0.25) is 10.1 Å². The molecular formula is C49H59N2O13S4-3. The van der Waals surface area contributed by atoms with Gasteiger partial charge in [-0.15, -0.1) is 0 Å². The minimum atomic E-state index is -4.72. The predicted molar refractivity (Wildman–Crippen MR) is 257 cm³/mol. The summed E-state index contributed by atoms with van der Waals surface area (Å²) in [6.07, 6.45) is 16.1. The minimum Gasteiger partial charge on any atom is -0.748 e. The molecule has 19 heteroatoms. The lowest BCUT2D eigenvalue weighted by molar-refractivity contribution is -0.777. The van der Waals surface area contributed by atoms with E-state index in [2.05, 4.69) is 85.4 Å². The first-order chi connectivity index (χ1) is 32.4. The van der Waals surface area contributed by atoms with Gasteiger partial charge in [0, 0.05) is 75.9 Å². The molecule has 6 rings (SSSR count). The van der Waals surface area contributed by atoms with E-state index in [0.29, 0.717) is 49.6 Å². The van der Waals surface area contributed by atoms with Crippen molar-refractivity contribution in [2.75, 3.05) is 36.1 Å². The van der Waals surface area contributed by atoms with Crippen LogP contribution >= 0.6 is 24.1 Å². The van der Waals surface area contributed by atoms with Crippen molar-refractivity contribution in [1.29, 1.82) is 0 Å². The van der Waals surface area contributed by atoms with Crippen LogP contribution in [0.15, 0.2) is 112 Å². The van der Waals surface area contributed by atoms with Crippen LogP contribution in [-0.2, 0) is 49.8 Å². The number of benzene rings is 3. The zero-order valence-corrected chi connectivity index (χ0v) is 42.3. The maximum atomic E-state index is 12.2.